The summed E-state index contributed by atoms with van der Waals surface area (Å²) in [5, 5.41) is 2.70. The van der Waals surface area contributed by atoms with E-state index in [4.69, 9.17) is 4.74 Å². The lowest BCUT2D eigenvalue weighted by molar-refractivity contribution is -0.137. The topological polar surface area (TPSA) is 75.7 Å². The van der Waals surface area contributed by atoms with E-state index < -0.39 is 34.2 Å². The van der Waals surface area contributed by atoms with Crippen LogP contribution in [-0.2, 0) is 21.0 Å². The van der Waals surface area contributed by atoms with Crippen LogP contribution in [-0.4, -0.2) is 34.5 Å². The van der Waals surface area contributed by atoms with Gasteiger partial charge in [0, 0.05) is 6.54 Å². The Labute approximate surface area is 203 Å². The van der Waals surface area contributed by atoms with Crippen molar-refractivity contribution < 1.29 is 31.1 Å². The van der Waals surface area contributed by atoms with Gasteiger partial charge >= 0.3 is 6.18 Å². The number of rotatable bonds is 9. The summed E-state index contributed by atoms with van der Waals surface area (Å²) in [6.45, 7) is 1.31. The maximum Gasteiger partial charge on any atom is 0.416 e. The van der Waals surface area contributed by atoms with E-state index >= 15 is 0 Å². The van der Waals surface area contributed by atoms with Crippen LogP contribution in [0.3, 0.4) is 0 Å². The van der Waals surface area contributed by atoms with Gasteiger partial charge in [0.25, 0.3) is 10.0 Å². The Morgan fingerprint density at radius 3 is 2.57 bits per heavy atom. The predicted molar refractivity (Wildman–Crippen MR) is 128 cm³/mol. The zero-order valence-corrected chi connectivity index (χ0v) is 20.5. The zero-order valence-electron chi connectivity index (χ0n) is 19.7. The number of nitrogens with zero attached hydrogens (tertiary/aromatic N) is 1. The van der Waals surface area contributed by atoms with Gasteiger partial charge in [0.2, 0.25) is 5.91 Å². The van der Waals surface area contributed by atoms with Gasteiger partial charge in [0.15, 0.2) is 0 Å². The maximum atomic E-state index is 13.7. The highest BCUT2D eigenvalue weighted by Crippen LogP contribution is 2.35. The van der Waals surface area contributed by atoms with Crippen LogP contribution in [0.15, 0.2) is 59.0 Å². The van der Waals surface area contributed by atoms with Crippen LogP contribution in [0.4, 0.5) is 18.9 Å². The maximum absolute atomic E-state index is 13.7. The van der Waals surface area contributed by atoms with Crippen LogP contribution >= 0.6 is 0 Å². The minimum absolute atomic E-state index is 0.0252. The number of anilines is 1. The van der Waals surface area contributed by atoms with Crippen LogP contribution in [0.25, 0.3) is 0 Å². The number of benzene rings is 2. The number of halogens is 3. The summed E-state index contributed by atoms with van der Waals surface area (Å²) >= 11 is 0. The van der Waals surface area contributed by atoms with Crippen LogP contribution in [0.2, 0.25) is 0 Å². The molecule has 2 aromatic rings. The lowest BCUT2D eigenvalue weighted by Crippen LogP contribution is -2.41. The molecule has 0 unspecified atom stereocenters. The molecule has 3 rings (SSSR count). The summed E-state index contributed by atoms with van der Waals surface area (Å²) in [4.78, 5) is 12.5. The van der Waals surface area contributed by atoms with Gasteiger partial charge in [-0.2, -0.15) is 13.2 Å². The summed E-state index contributed by atoms with van der Waals surface area (Å²) < 4.78 is 73.3. The minimum Gasteiger partial charge on any atom is -0.495 e. The van der Waals surface area contributed by atoms with Crippen molar-refractivity contribution in [1.29, 1.82) is 0 Å². The van der Waals surface area contributed by atoms with Crippen molar-refractivity contribution in [1.82, 2.24) is 5.32 Å². The Balaban J connectivity index is 1.93. The third-order valence-electron chi connectivity index (χ3n) is 5.79. The Kier molecular flexibility index (Phi) is 8.47. The molecule has 0 bridgehead atoms. The molecule has 0 radical (unpaired) electrons. The standard InChI is InChI=1S/C25H29F3N2O4S/c1-18-11-12-22(34-2)23(15-18)35(32,33)30(21-10-6-9-20(16-21)25(26,27)28)17-24(31)29-14-13-19-7-4-3-5-8-19/h6-7,9-12,15-16H,3-5,8,13-14,17H2,1-2H3,(H,29,31). The number of hydrogen-bond acceptors (Lipinski definition) is 4. The van der Waals surface area contributed by atoms with Gasteiger partial charge in [-0.05, 0) is 74.9 Å². The number of hydrogen-bond donors (Lipinski definition) is 1. The van der Waals surface area contributed by atoms with Crippen molar-refractivity contribution in [3.8, 4) is 5.75 Å². The predicted octanol–water partition coefficient (Wildman–Crippen LogP) is 5.22. The van der Waals surface area contributed by atoms with Gasteiger partial charge in [-0.1, -0.05) is 23.8 Å². The number of carbonyl (C=O) groups is 1. The Bertz CT molecular complexity index is 1190. The lowest BCUT2D eigenvalue weighted by Gasteiger charge is -2.26. The molecule has 190 valence electrons. The van der Waals surface area contributed by atoms with Gasteiger partial charge in [-0.15, -0.1) is 0 Å². The van der Waals surface area contributed by atoms with Crippen LogP contribution in [0, 0.1) is 6.92 Å². The van der Waals surface area contributed by atoms with Crippen molar-refractivity contribution in [2.24, 2.45) is 0 Å². The van der Waals surface area contributed by atoms with Gasteiger partial charge in [-0.3, -0.25) is 9.10 Å². The molecule has 0 atom stereocenters. The summed E-state index contributed by atoms with van der Waals surface area (Å²) in [5.41, 5.74) is 0.562. The fraction of sp³-hybridized carbons (Fsp3) is 0.400. The highest BCUT2D eigenvalue weighted by Gasteiger charge is 2.34. The first-order valence-electron chi connectivity index (χ1n) is 11.3. The second kappa shape index (κ2) is 11.2. The number of ether oxygens (including phenoxy) is 1. The van der Waals surface area contributed by atoms with E-state index in [1.807, 2.05) is 0 Å². The van der Waals surface area contributed by atoms with Crippen molar-refractivity contribution in [2.75, 3.05) is 24.5 Å². The summed E-state index contributed by atoms with van der Waals surface area (Å²) in [6.07, 6.45) is 2.33. The lowest BCUT2D eigenvalue weighted by atomic mass is 9.97. The molecule has 0 heterocycles. The molecule has 0 aliphatic heterocycles. The van der Waals surface area contributed by atoms with Gasteiger partial charge < -0.3 is 10.1 Å². The van der Waals surface area contributed by atoms with Crippen molar-refractivity contribution >= 4 is 21.6 Å². The van der Waals surface area contributed by atoms with E-state index in [-0.39, 0.29) is 16.3 Å². The molecule has 0 fully saturated rings. The summed E-state index contributed by atoms with van der Waals surface area (Å²) in [5.74, 6) is -0.591. The number of alkyl halides is 3. The van der Waals surface area contributed by atoms with Crippen molar-refractivity contribution in [3.05, 3.63) is 65.2 Å². The molecule has 35 heavy (non-hydrogen) atoms. The smallest absolute Gasteiger partial charge is 0.416 e. The van der Waals surface area contributed by atoms with E-state index in [0.717, 1.165) is 43.9 Å². The number of carbonyl (C=O) groups excluding carboxylic acids is 1. The molecule has 6 nitrogen and oxygen atoms in total. The third-order valence-corrected chi connectivity index (χ3v) is 7.58. The number of amides is 1. The number of allylic oxidation sites excluding steroid dienone is 1. The average Bonchev–Trinajstić information content (AvgIpc) is 2.82. The Morgan fingerprint density at radius 1 is 1.14 bits per heavy atom. The van der Waals surface area contributed by atoms with Gasteiger partial charge in [0.05, 0.1) is 18.4 Å². The van der Waals surface area contributed by atoms with E-state index in [2.05, 4.69) is 11.4 Å². The highest BCUT2D eigenvalue weighted by molar-refractivity contribution is 7.93. The van der Waals surface area contributed by atoms with Crippen molar-refractivity contribution in [2.45, 2.75) is 50.1 Å². The molecule has 0 spiro atoms. The molecule has 10 heteroatoms. The summed E-state index contributed by atoms with van der Waals surface area (Å²) in [6, 6.07) is 8.39. The molecule has 0 aromatic heterocycles. The molecule has 1 aliphatic carbocycles. The number of nitrogens with one attached hydrogen (secondary N) is 1. The number of aryl methyl sites for hydroxylation is 1. The molecule has 0 saturated heterocycles. The fourth-order valence-corrected chi connectivity index (χ4v) is 5.59. The van der Waals surface area contributed by atoms with Crippen LogP contribution in [0.5, 0.6) is 5.75 Å². The highest BCUT2D eigenvalue weighted by atomic mass is 32.2. The second-order valence-corrected chi connectivity index (χ2v) is 10.3. The van der Waals surface area contributed by atoms with E-state index in [1.54, 1.807) is 13.0 Å². The molecule has 2 aromatic carbocycles. The monoisotopic (exact) mass is 510 g/mol. The zero-order chi connectivity index (χ0) is 25.6. The minimum atomic E-state index is -4.68. The van der Waals surface area contributed by atoms with Crippen LogP contribution < -0.4 is 14.4 Å². The molecular formula is C25H29F3N2O4S. The molecular weight excluding hydrogens is 481 g/mol. The largest absolute Gasteiger partial charge is 0.495 e. The fourth-order valence-electron chi connectivity index (χ4n) is 3.94. The van der Waals surface area contributed by atoms with E-state index in [9.17, 15) is 26.4 Å². The first kappa shape index (κ1) is 26.6. The second-order valence-electron chi connectivity index (χ2n) is 8.42. The quantitative estimate of drug-likeness (QED) is 0.469. The molecule has 0 saturated carbocycles. The number of methoxy groups -OCH3 is 1. The summed E-state index contributed by atoms with van der Waals surface area (Å²) in [7, 11) is -3.16. The van der Waals surface area contributed by atoms with Crippen molar-refractivity contribution in [3.63, 3.8) is 0 Å². The third kappa shape index (κ3) is 6.78. The SMILES string of the molecule is COc1ccc(C)cc1S(=O)(=O)N(CC(=O)NCCC1=CCCCC1)c1cccc(C(F)(F)F)c1. The van der Waals surface area contributed by atoms with Gasteiger partial charge in [0.1, 0.15) is 17.2 Å². The average molecular weight is 511 g/mol. The van der Waals surface area contributed by atoms with Gasteiger partial charge in [-0.25, -0.2) is 8.42 Å². The Morgan fingerprint density at radius 2 is 1.91 bits per heavy atom. The molecule has 1 aliphatic rings. The Hall–Kier alpha value is -3.01. The first-order chi connectivity index (χ1) is 16.5. The first-order valence-corrected chi connectivity index (χ1v) is 12.8. The number of sulfonamides is 1. The van der Waals surface area contributed by atoms with Crippen LogP contribution in [0.1, 0.15) is 43.2 Å². The molecule has 1 N–H and O–H groups in total. The molecule has 1 amide bonds. The van der Waals surface area contributed by atoms with E-state index in [0.29, 0.717) is 22.8 Å². The van der Waals surface area contributed by atoms with E-state index in [1.165, 1.54) is 30.9 Å². The normalized spacial score (nSPS) is 14.3.